The molecule has 7 nitrogen and oxygen atoms in total. The van der Waals surface area contributed by atoms with Crippen molar-refractivity contribution >= 4 is 17.6 Å². The van der Waals surface area contributed by atoms with Gasteiger partial charge in [0.1, 0.15) is 0 Å². The summed E-state index contributed by atoms with van der Waals surface area (Å²) in [4.78, 5) is 25.6. The standard InChI is InChI=1S/C20H33N5O2/c1-14-17(15(2)24-23-14)9-7-13-21-20(27)22-18-10-6-5-8-16(18)11-12-19(26)25(3)4/h5-6,8,10,14-15,17,23-24H,7,9,11-13H2,1-4H3,(H2,21,22,27). The second-order valence-corrected chi connectivity index (χ2v) is 7.50. The number of carbonyl (C=O) groups excluding carboxylic acids is 2. The third-order valence-corrected chi connectivity index (χ3v) is 5.20. The third kappa shape index (κ3) is 6.52. The number of rotatable bonds is 8. The Bertz CT molecular complexity index is 625. The van der Waals surface area contributed by atoms with E-state index in [0.29, 0.717) is 37.4 Å². The molecule has 1 aromatic rings. The van der Waals surface area contributed by atoms with Crippen LogP contribution in [0.2, 0.25) is 0 Å². The quantitative estimate of drug-likeness (QED) is 0.524. The number of hydrazine groups is 1. The topological polar surface area (TPSA) is 85.5 Å². The molecule has 0 bridgehead atoms. The van der Waals surface area contributed by atoms with Crippen LogP contribution >= 0.6 is 0 Å². The maximum Gasteiger partial charge on any atom is 0.319 e. The lowest BCUT2D eigenvalue weighted by molar-refractivity contribution is -0.128. The molecule has 0 aliphatic carbocycles. The Morgan fingerprint density at radius 3 is 2.44 bits per heavy atom. The highest BCUT2D eigenvalue weighted by Gasteiger charge is 2.28. The first-order valence-corrected chi connectivity index (χ1v) is 9.72. The van der Waals surface area contributed by atoms with Crippen LogP contribution in [-0.4, -0.2) is 49.6 Å². The number of aryl methyl sites for hydroxylation is 1. The van der Waals surface area contributed by atoms with Crippen molar-refractivity contribution in [2.75, 3.05) is 26.0 Å². The van der Waals surface area contributed by atoms with Crippen LogP contribution in [0.25, 0.3) is 0 Å². The van der Waals surface area contributed by atoms with Gasteiger partial charge in [0, 0.05) is 44.8 Å². The van der Waals surface area contributed by atoms with E-state index >= 15 is 0 Å². The molecular weight excluding hydrogens is 342 g/mol. The monoisotopic (exact) mass is 375 g/mol. The minimum absolute atomic E-state index is 0.0774. The Morgan fingerprint density at radius 2 is 1.78 bits per heavy atom. The molecule has 4 N–H and O–H groups in total. The van der Waals surface area contributed by atoms with Gasteiger partial charge in [-0.1, -0.05) is 18.2 Å². The van der Waals surface area contributed by atoms with Gasteiger partial charge in [0.25, 0.3) is 0 Å². The number of hydrogen-bond acceptors (Lipinski definition) is 4. The Labute approximate surface area is 162 Å². The molecule has 1 saturated heterocycles. The van der Waals surface area contributed by atoms with Gasteiger partial charge in [0.05, 0.1) is 0 Å². The molecule has 0 aromatic heterocycles. The summed E-state index contributed by atoms with van der Waals surface area (Å²) in [5.74, 6) is 0.651. The van der Waals surface area contributed by atoms with Crippen LogP contribution in [0.4, 0.5) is 10.5 Å². The van der Waals surface area contributed by atoms with E-state index in [1.54, 1.807) is 19.0 Å². The van der Waals surface area contributed by atoms with Crippen molar-refractivity contribution in [1.29, 1.82) is 0 Å². The van der Waals surface area contributed by atoms with Crippen molar-refractivity contribution in [3.63, 3.8) is 0 Å². The molecule has 7 heteroatoms. The predicted molar refractivity (Wildman–Crippen MR) is 108 cm³/mol. The Hall–Kier alpha value is -2.12. The van der Waals surface area contributed by atoms with Crippen molar-refractivity contribution in [2.24, 2.45) is 5.92 Å². The van der Waals surface area contributed by atoms with Gasteiger partial charge in [-0.25, -0.2) is 4.79 Å². The molecule has 2 atom stereocenters. The summed E-state index contributed by atoms with van der Waals surface area (Å²) >= 11 is 0. The van der Waals surface area contributed by atoms with Crippen molar-refractivity contribution in [1.82, 2.24) is 21.1 Å². The fraction of sp³-hybridized carbons (Fsp3) is 0.600. The highest BCUT2D eigenvalue weighted by atomic mass is 16.2. The first-order chi connectivity index (χ1) is 12.9. The maximum absolute atomic E-state index is 12.2. The molecule has 1 aliphatic rings. The lowest BCUT2D eigenvalue weighted by Gasteiger charge is -2.18. The molecule has 150 valence electrons. The van der Waals surface area contributed by atoms with Gasteiger partial charge in [-0.05, 0) is 50.7 Å². The zero-order valence-electron chi connectivity index (χ0n) is 16.8. The summed E-state index contributed by atoms with van der Waals surface area (Å²) in [6, 6.07) is 8.32. The lowest BCUT2D eigenvalue weighted by Crippen LogP contribution is -2.31. The number of benzene rings is 1. The zero-order chi connectivity index (χ0) is 19.8. The van der Waals surface area contributed by atoms with Gasteiger partial charge in [0.2, 0.25) is 5.91 Å². The van der Waals surface area contributed by atoms with Crippen LogP contribution in [0.5, 0.6) is 0 Å². The number of anilines is 1. The van der Waals surface area contributed by atoms with E-state index in [1.165, 1.54) is 0 Å². The van der Waals surface area contributed by atoms with Gasteiger partial charge >= 0.3 is 6.03 Å². The molecule has 1 heterocycles. The maximum atomic E-state index is 12.2. The second kappa shape index (κ2) is 10.3. The Morgan fingerprint density at radius 1 is 1.11 bits per heavy atom. The molecular formula is C20H33N5O2. The molecule has 1 aromatic carbocycles. The number of carbonyl (C=O) groups is 2. The zero-order valence-corrected chi connectivity index (χ0v) is 16.8. The smallest absolute Gasteiger partial charge is 0.319 e. The second-order valence-electron chi connectivity index (χ2n) is 7.50. The largest absolute Gasteiger partial charge is 0.349 e. The Kier molecular flexibility index (Phi) is 8.06. The number of amides is 3. The third-order valence-electron chi connectivity index (χ3n) is 5.20. The normalized spacial score (nSPS) is 21.7. The van der Waals surface area contributed by atoms with E-state index in [9.17, 15) is 9.59 Å². The van der Waals surface area contributed by atoms with Gasteiger partial charge in [-0.3, -0.25) is 15.6 Å². The molecule has 0 radical (unpaired) electrons. The van der Waals surface area contributed by atoms with Crippen molar-refractivity contribution in [3.05, 3.63) is 29.8 Å². The summed E-state index contributed by atoms with van der Waals surface area (Å²) in [6.07, 6.45) is 3.03. The summed E-state index contributed by atoms with van der Waals surface area (Å²) in [6.45, 7) is 5.00. The van der Waals surface area contributed by atoms with Crippen LogP contribution in [-0.2, 0) is 11.2 Å². The molecule has 3 amide bonds. The summed E-state index contributed by atoms with van der Waals surface area (Å²) in [5.41, 5.74) is 8.24. The first kappa shape index (κ1) is 21.2. The predicted octanol–water partition coefficient (Wildman–Crippen LogP) is 2.11. The highest BCUT2D eigenvalue weighted by molar-refractivity contribution is 5.90. The van der Waals surface area contributed by atoms with Gasteiger partial charge in [-0.2, -0.15) is 0 Å². The Balaban J connectivity index is 1.76. The van der Waals surface area contributed by atoms with E-state index in [2.05, 4.69) is 35.3 Å². The summed E-state index contributed by atoms with van der Waals surface area (Å²) < 4.78 is 0. The van der Waals surface area contributed by atoms with Crippen LogP contribution in [0, 0.1) is 5.92 Å². The first-order valence-electron chi connectivity index (χ1n) is 9.72. The molecule has 27 heavy (non-hydrogen) atoms. The average molecular weight is 376 g/mol. The van der Waals surface area contributed by atoms with E-state index in [-0.39, 0.29) is 11.9 Å². The molecule has 2 rings (SSSR count). The van der Waals surface area contributed by atoms with E-state index in [0.717, 1.165) is 24.1 Å². The molecule has 0 spiro atoms. The van der Waals surface area contributed by atoms with Crippen LogP contribution in [0.15, 0.2) is 24.3 Å². The van der Waals surface area contributed by atoms with Crippen LogP contribution in [0.3, 0.4) is 0 Å². The van der Waals surface area contributed by atoms with E-state index in [1.807, 2.05) is 24.3 Å². The number of urea groups is 1. The molecule has 2 unspecified atom stereocenters. The SMILES string of the molecule is CC1NNC(C)C1CCCNC(=O)Nc1ccccc1CCC(=O)N(C)C. The van der Waals surface area contributed by atoms with Gasteiger partial charge in [0.15, 0.2) is 0 Å². The van der Waals surface area contributed by atoms with Crippen molar-refractivity contribution < 1.29 is 9.59 Å². The minimum atomic E-state index is -0.204. The number of nitrogens with zero attached hydrogens (tertiary/aromatic N) is 1. The highest BCUT2D eigenvalue weighted by Crippen LogP contribution is 2.20. The van der Waals surface area contributed by atoms with E-state index in [4.69, 9.17) is 0 Å². The summed E-state index contributed by atoms with van der Waals surface area (Å²) in [7, 11) is 3.50. The fourth-order valence-electron chi connectivity index (χ4n) is 3.44. The molecule has 1 aliphatic heterocycles. The molecule has 1 fully saturated rings. The molecule has 0 saturated carbocycles. The summed E-state index contributed by atoms with van der Waals surface area (Å²) in [5, 5.41) is 5.84. The van der Waals surface area contributed by atoms with Crippen LogP contribution < -0.4 is 21.5 Å². The van der Waals surface area contributed by atoms with E-state index < -0.39 is 0 Å². The van der Waals surface area contributed by atoms with Gasteiger partial charge in [-0.15, -0.1) is 0 Å². The van der Waals surface area contributed by atoms with Crippen LogP contribution in [0.1, 0.15) is 38.7 Å². The number of hydrogen-bond donors (Lipinski definition) is 4. The number of para-hydroxylation sites is 1. The van der Waals surface area contributed by atoms with Gasteiger partial charge < -0.3 is 15.5 Å². The minimum Gasteiger partial charge on any atom is -0.349 e. The average Bonchev–Trinajstić information content (AvgIpc) is 2.95. The van der Waals surface area contributed by atoms with Crippen molar-refractivity contribution in [2.45, 2.75) is 51.6 Å². The fourth-order valence-corrected chi connectivity index (χ4v) is 3.44. The lowest BCUT2D eigenvalue weighted by atomic mass is 9.92. The number of nitrogens with one attached hydrogen (secondary N) is 4. The van der Waals surface area contributed by atoms with Crippen molar-refractivity contribution in [3.8, 4) is 0 Å².